The van der Waals surface area contributed by atoms with Gasteiger partial charge >= 0.3 is 12.0 Å². The van der Waals surface area contributed by atoms with Crippen LogP contribution in [0.5, 0.6) is 5.75 Å². The first-order chi connectivity index (χ1) is 15.6. The van der Waals surface area contributed by atoms with Crippen molar-refractivity contribution in [3.05, 3.63) is 45.9 Å². The molecule has 0 unspecified atom stereocenters. The summed E-state index contributed by atoms with van der Waals surface area (Å²) >= 11 is 21.7. The minimum Gasteiger partial charge on any atom is -0.489 e. The first-order valence-electron chi connectivity index (χ1n) is 9.76. The van der Waals surface area contributed by atoms with Crippen molar-refractivity contribution in [3.8, 4) is 5.75 Å². The molecule has 2 N–H and O–H groups in total. The normalized spacial score (nSPS) is 11.1. The molecule has 1 aromatic carbocycles. The highest BCUT2D eigenvalue weighted by molar-refractivity contribution is 7.80. The van der Waals surface area contributed by atoms with E-state index in [0.717, 1.165) is 6.42 Å². The maximum Gasteiger partial charge on any atom is 0.329 e. The van der Waals surface area contributed by atoms with Crippen molar-refractivity contribution in [1.29, 1.82) is 0 Å². The lowest BCUT2D eigenvalue weighted by Gasteiger charge is -2.22. The van der Waals surface area contributed by atoms with Gasteiger partial charge in [-0.1, -0.05) is 41.7 Å². The van der Waals surface area contributed by atoms with Crippen molar-refractivity contribution in [2.24, 2.45) is 0 Å². The number of nitrogens with one attached hydrogen (secondary N) is 1. The number of ether oxygens (including phenoxy) is 1. The second-order valence-corrected chi connectivity index (χ2v) is 8.18. The van der Waals surface area contributed by atoms with Gasteiger partial charge < -0.3 is 20.1 Å². The van der Waals surface area contributed by atoms with Gasteiger partial charge in [0, 0.05) is 36.6 Å². The number of benzene rings is 1. The minimum absolute atomic E-state index is 0.106. The summed E-state index contributed by atoms with van der Waals surface area (Å²) in [5.41, 5.74) is 0. The number of nitrogens with zero attached hydrogens (tertiary/aromatic N) is 3. The number of carboxylic acids is 1. The van der Waals surface area contributed by atoms with Crippen LogP contribution >= 0.6 is 47.4 Å². The third-order valence-electron chi connectivity index (χ3n) is 3.92. The van der Waals surface area contributed by atoms with Gasteiger partial charge in [-0.25, -0.2) is 14.6 Å². The first kappa shape index (κ1) is 28.9. The number of aliphatic carboxylic acids is 1. The molecule has 2 rings (SSSR count). The number of thiol groups is 1. The van der Waals surface area contributed by atoms with Crippen molar-refractivity contribution in [2.75, 3.05) is 25.4 Å². The fourth-order valence-corrected chi connectivity index (χ4v) is 3.64. The van der Waals surface area contributed by atoms with Crippen molar-refractivity contribution >= 4 is 65.3 Å². The molecule has 0 saturated carbocycles. The van der Waals surface area contributed by atoms with Crippen LogP contribution in [-0.4, -0.2) is 69.0 Å². The van der Waals surface area contributed by atoms with Crippen LogP contribution in [0.15, 0.2) is 30.9 Å². The zero-order valence-corrected chi connectivity index (χ0v) is 21.2. The van der Waals surface area contributed by atoms with Gasteiger partial charge in [-0.3, -0.25) is 9.36 Å². The van der Waals surface area contributed by atoms with E-state index in [-0.39, 0.29) is 24.3 Å². The smallest absolute Gasteiger partial charge is 0.329 e. The summed E-state index contributed by atoms with van der Waals surface area (Å²) in [6.45, 7) is 4.55. The second-order valence-electron chi connectivity index (χ2n) is 6.56. The number of carbonyl (C=O) groups is 3. The molecule has 2 aromatic rings. The lowest BCUT2D eigenvalue weighted by molar-refractivity contribution is -0.140. The Bertz CT molecular complexity index is 907. The molecular formula is C20H25Cl3N4O5S. The van der Waals surface area contributed by atoms with Gasteiger partial charge in [0.25, 0.3) is 0 Å². The molecule has 2 amide bonds. The van der Waals surface area contributed by atoms with Crippen molar-refractivity contribution in [3.63, 3.8) is 0 Å². The average Bonchev–Trinajstić information content (AvgIpc) is 3.27. The van der Waals surface area contributed by atoms with E-state index in [1.807, 2.05) is 6.92 Å². The van der Waals surface area contributed by atoms with Crippen molar-refractivity contribution < 1.29 is 24.2 Å². The van der Waals surface area contributed by atoms with E-state index in [9.17, 15) is 14.4 Å². The van der Waals surface area contributed by atoms with Crippen LogP contribution in [0.4, 0.5) is 4.79 Å². The van der Waals surface area contributed by atoms with Gasteiger partial charge in [0.05, 0.1) is 16.6 Å². The van der Waals surface area contributed by atoms with Gasteiger partial charge in [0.2, 0.25) is 5.91 Å². The van der Waals surface area contributed by atoms with Crippen LogP contribution in [0, 0.1) is 0 Å². The monoisotopic (exact) mass is 538 g/mol. The van der Waals surface area contributed by atoms with E-state index in [2.05, 4.69) is 22.9 Å². The number of amides is 2. The van der Waals surface area contributed by atoms with Crippen molar-refractivity contribution in [1.82, 2.24) is 19.8 Å². The third-order valence-corrected chi connectivity index (χ3v) is 5.06. The Morgan fingerprint density at radius 2 is 1.88 bits per heavy atom. The highest BCUT2D eigenvalue weighted by Gasteiger charge is 2.16. The molecule has 9 nitrogen and oxygen atoms in total. The topological polar surface area (TPSA) is 114 Å². The summed E-state index contributed by atoms with van der Waals surface area (Å²) in [7, 11) is 0. The predicted octanol–water partition coefficient (Wildman–Crippen LogP) is 4.11. The maximum atomic E-state index is 12.3. The number of carbonyl (C=O) groups excluding carboxylic acids is 2. The molecule has 1 atom stereocenters. The van der Waals surface area contributed by atoms with Crippen LogP contribution in [0.3, 0.4) is 0 Å². The van der Waals surface area contributed by atoms with Gasteiger partial charge in [-0.15, -0.1) is 0 Å². The third kappa shape index (κ3) is 10.1. The fourth-order valence-electron chi connectivity index (χ4n) is 2.46. The Kier molecular flexibility index (Phi) is 13.0. The van der Waals surface area contributed by atoms with Gasteiger partial charge in [0.1, 0.15) is 19.0 Å². The maximum absolute atomic E-state index is 12.3. The number of carboxylic acid groups (broad SMARTS) is 1. The number of rotatable bonds is 9. The summed E-state index contributed by atoms with van der Waals surface area (Å²) in [6, 6.07) is 2.09. The largest absolute Gasteiger partial charge is 0.489 e. The van der Waals surface area contributed by atoms with Gasteiger partial charge in [-0.05, 0) is 18.6 Å². The zero-order valence-electron chi connectivity index (χ0n) is 18.0. The van der Waals surface area contributed by atoms with Crippen LogP contribution in [0.1, 0.15) is 20.3 Å². The standard InChI is InChI=1S/C15H16Cl3N3O2.C5H9NO3S/c1-2-4-20(15(22)21-5-3-19-10-21)6-7-23-14-12(17)8-11(16)9-13(14)18;1-3(7)6-4(2-10)5(8)9/h3,5,8-10H,2,4,6-7H2,1H3;4,10H,2H2,1H3,(H,6,7)(H,8,9)/t;4-/m.0/s1. The highest BCUT2D eigenvalue weighted by atomic mass is 35.5. The van der Waals surface area contributed by atoms with Crippen LogP contribution in [0.2, 0.25) is 15.1 Å². The number of hydrogen-bond acceptors (Lipinski definition) is 6. The molecule has 0 saturated heterocycles. The molecule has 13 heteroatoms. The molecule has 0 spiro atoms. The van der Waals surface area contributed by atoms with E-state index >= 15 is 0 Å². The van der Waals surface area contributed by atoms with Crippen LogP contribution in [-0.2, 0) is 9.59 Å². The Labute approximate surface area is 212 Å². The van der Waals surface area contributed by atoms with E-state index in [1.54, 1.807) is 29.4 Å². The Morgan fingerprint density at radius 3 is 2.30 bits per heavy atom. The average molecular weight is 540 g/mol. The Hall–Kier alpha value is -2.14. The molecule has 0 radical (unpaired) electrons. The molecule has 0 bridgehead atoms. The van der Waals surface area contributed by atoms with E-state index in [1.165, 1.54) is 17.8 Å². The number of aromatic nitrogens is 2. The summed E-state index contributed by atoms with van der Waals surface area (Å²) in [5.74, 6) is -0.953. The number of imidazole rings is 1. The van der Waals surface area contributed by atoms with Gasteiger partial charge in [-0.2, -0.15) is 12.6 Å². The zero-order chi connectivity index (χ0) is 25.0. The molecule has 182 valence electrons. The molecule has 0 aliphatic carbocycles. The number of halogens is 3. The molecule has 33 heavy (non-hydrogen) atoms. The molecule has 1 heterocycles. The molecule has 0 aliphatic rings. The fraction of sp³-hybridized carbons (Fsp3) is 0.400. The Morgan fingerprint density at radius 1 is 1.24 bits per heavy atom. The van der Waals surface area contributed by atoms with Crippen molar-refractivity contribution in [2.45, 2.75) is 26.3 Å². The quantitative estimate of drug-likeness (QED) is 0.413. The van der Waals surface area contributed by atoms with E-state index in [4.69, 9.17) is 44.6 Å². The summed E-state index contributed by atoms with van der Waals surface area (Å²) < 4.78 is 7.05. The SMILES string of the molecule is CC(=O)N[C@@H](CS)C(=O)O.CCCN(CCOc1c(Cl)cc(Cl)cc1Cl)C(=O)n1ccnc1. The lowest BCUT2D eigenvalue weighted by Crippen LogP contribution is -2.40. The van der Waals surface area contributed by atoms with E-state index in [0.29, 0.717) is 33.9 Å². The van der Waals surface area contributed by atoms with Gasteiger partial charge in [0.15, 0.2) is 5.75 Å². The summed E-state index contributed by atoms with van der Waals surface area (Å²) in [6.07, 6.45) is 5.48. The summed E-state index contributed by atoms with van der Waals surface area (Å²) in [5, 5.41) is 11.7. The molecule has 0 aliphatic heterocycles. The van der Waals surface area contributed by atoms with Crippen LogP contribution < -0.4 is 10.1 Å². The molecule has 1 aromatic heterocycles. The van der Waals surface area contributed by atoms with E-state index < -0.39 is 12.0 Å². The predicted molar refractivity (Wildman–Crippen MR) is 131 cm³/mol. The Balaban J connectivity index is 0.000000461. The highest BCUT2D eigenvalue weighted by Crippen LogP contribution is 2.35. The summed E-state index contributed by atoms with van der Waals surface area (Å²) in [4.78, 5) is 38.4. The second kappa shape index (κ2) is 14.9. The minimum atomic E-state index is -1.06. The first-order valence-corrected chi connectivity index (χ1v) is 11.5. The lowest BCUT2D eigenvalue weighted by atomic mass is 10.3. The number of hydrogen-bond donors (Lipinski definition) is 3. The van der Waals surface area contributed by atoms with Crippen LogP contribution in [0.25, 0.3) is 0 Å². The molecule has 0 fully saturated rings. The molecular weight excluding hydrogens is 515 g/mol.